The van der Waals surface area contributed by atoms with E-state index >= 15 is 0 Å². The molecule has 0 aromatic rings. The van der Waals surface area contributed by atoms with E-state index in [0.717, 1.165) is 0 Å². The molecule has 20 nitrogen and oxygen atoms in total. The molecule has 28 heteroatoms. The lowest BCUT2D eigenvalue weighted by molar-refractivity contribution is -0.192. The first kappa shape index (κ1) is 58.6. The molecule has 0 N–H and O–H groups in total. The van der Waals surface area contributed by atoms with Crippen molar-refractivity contribution in [1.82, 2.24) is 0 Å². The van der Waals surface area contributed by atoms with Crippen molar-refractivity contribution >= 4 is 0 Å². The van der Waals surface area contributed by atoms with Gasteiger partial charge in [-0.2, -0.15) is 39.5 Å². The Kier molecular flexibility index (Phi) is 46.1. The molecule has 0 spiro atoms. The highest BCUT2D eigenvalue weighted by Crippen LogP contribution is 2.13. The van der Waals surface area contributed by atoms with Gasteiger partial charge in [0.2, 0.25) is 0 Å². The van der Waals surface area contributed by atoms with Crippen LogP contribution in [-0.4, -0.2) is 208 Å². The molecule has 0 saturated heterocycles. The van der Waals surface area contributed by atoms with Crippen LogP contribution in [0.3, 0.4) is 0 Å². The van der Waals surface area contributed by atoms with Gasteiger partial charge < -0.3 is 56.8 Å². The fraction of sp³-hybridized carbons (Fsp3) is 1.00. The van der Waals surface area contributed by atoms with Crippen molar-refractivity contribution in [2.75, 3.05) is 172 Å². The average Bonchev–Trinajstić information content (AvgIpc) is 3.25. The minimum atomic E-state index is -1.12. The van der Waals surface area contributed by atoms with Gasteiger partial charge in [0.1, 0.15) is 89.5 Å². The Morgan fingerprint density at radius 1 is 0.200 bits per heavy atom. The number of rotatable bonds is 51. The van der Waals surface area contributed by atoms with Crippen LogP contribution in [0.2, 0.25) is 0 Å². The third-order valence-corrected chi connectivity index (χ3v) is 7.07. The molecule has 0 aromatic heterocycles. The Bertz CT molecular complexity index is 788. The molecule has 0 rings (SSSR count). The molecule has 6 unspecified atom stereocenters. The lowest BCUT2D eigenvalue weighted by Gasteiger charge is -2.31. The maximum atomic E-state index is 12.4. The van der Waals surface area contributed by atoms with Gasteiger partial charge >= 0.3 is 0 Å². The van der Waals surface area contributed by atoms with Crippen LogP contribution in [0.1, 0.15) is 0 Å². The predicted octanol–water partition coefficient (Wildman–Crippen LogP) is 2.61. The van der Waals surface area contributed by atoms with Gasteiger partial charge in [-0.25, -0.2) is 0 Å². The molecule has 60 heavy (non-hydrogen) atoms. The summed E-state index contributed by atoms with van der Waals surface area (Å²) < 4.78 is 166. The van der Waals surface area contributed by atoms with E-state index in [-0.39, 0.29) is 132 Å². The van der Waals surface area contributed by atoms with E-state index in [0.29, 0.717) is 0 Å². The number of hydrogen-bond donors (Lipinski definition) is 0. The first-order valence-electron chi connectivity index (χ1n) is 18.6. The summed E-state index contributed by atoms with van der Waals surface area (Å²) in [5.41, 5.74) is 0. The lowest BCUT2D eigenvalue weighted by atomic mass is 10.2. The fourth-order valence-corrected chi connectivity index (χ4v) is 4.40. The van der Waals surface area contributed by atoms with E-state index in [4.69, 9.17) is 56.8 Å². The third kappa shape index (κ3) is 37.2. The normalized spacial score (nSPS) is 15.0. The summed E-state index contributed by atoms with van der Waals surface area (Å²) in [6.45, 7) is -7.32. The molecule has 0 heterocycles. The summed E-state index contributed by atoms with van der Waals surface area (Å²) in [6, 6.07) is 0. The van der Waals surface area contributed by atoms with E-state index in [1.165, 1.54) is 0 Å². The van der Waals surface area contributed by atoms with Crippen LogP contribution >= 0.6 is 0 Å². The van der Waals surface area contributed by atoms with Crippen molar-refractivity contribution in [2.24, 2.45) is 0 Å². The third-order valence-electron chi connectivity index (χ3n) is 7.07. The first-order valence-corrected chi connectivity index (χ1v) is 18.6. The van der Waals surface area contributed by atoms with E-state index in [2.05, 4.69) is 39.5 Å². The molecule has 362 valence electrons. The monoisotopic (exact) mass is 914 g/mol. The SMILES string of the molecule is FOCCOCC(COCC(OCC(COCCOF)OCCOF)C(COCC(COCCOF)OCCOF)OCC(COCCOF)OCCOF)OCCOF. The highest BCUT2D eigenvalue weighted by molar-refractivity contribution is 4.75. The summed E-state index contributed by atoms with van der Waals surface area (Å²) in [7, 11) is 0. The van der Waals surface area contributed by atoms with Crippen molar-refractivity contribution in [3.63, 3.8) is 0 Å². The van der Waals surface area contributed by atoms with E-state index in [9.17, 15) is 36.2 Å². The average molecular weight is 915 g/mol. The van der Waals surface area contributed by atoms with Crippen LogP contribution in [0, 0.1) is 0 Å². The summed E-state index contributed by atoms with van der Waals surface area (Å²) in [5, 5.41) is 0. The van der Waals surface area contributed by atoms with Gasteiger partial charge in [-0.3, -0.25) is 0 Å². The molecule has 0 aliphatic carbocycles. The van der Waals surface area contributed by atoms with Crippen LogP contribution < -0.4 is 0 Å². The van der Waals surface area contributed by atoms with Crippen LogP contribution in [0.5, 0.6) is 0 Å². The van der Waals surface area contributed by atoms with E-state index in [1.807, 2.05) is 0 Å². The Balaban J connectivity index is 6.43. The van der Waals surface area contributed by atoms with Crippen LogP contribution in [0.4, 0.5) is 36.2 Å². The van der Waals surface area contributed by atoms with Crippen molar-refractivity contribution in [3.8, 4) is 0 Å². The molecule has 0 aromatic carbocycles. The van der Waals surface area contributed by atoms with E-state index in [1.54, 1.807) is 0 Å². The molecule has 6 atom stereocenters. The quantitative estimate of drug-likeness (QED) is 0.0640. The van der Waals surface area contributed by atoms with Crippen molar-refractivity contribution in [1.29, 1.82) is 0 Å². The second kappa shape index (κ2) is 47.1. The van der Waals surface area contributed by atoms with Gasteiger partial charge in [-0.15, -0.1) is 0 Å². The molecule has 0 aliphatic heterocycles. The molecule has 0 saturated carbocycles. The van der Waals surface area contributed by atoms with Crippen molar-refractivity contribution in [3.05, 3.63) is 0 Å². The Morgan fingerprint density at radius 3 is 0.667 bits per heavy atom. The van der Waals surface area contributed by atoms with Gasteiger partial charge in [0.05, 0.1) is 119 Å². The van der Waals surface area contributed by atoms with E-state index < -0.39 is 76.3 Å². The summed E-state index contributed by atoms with van der Waals surface area (Å²) in [6.07, 6.45) is -5.79. The second-order valence-electron chi connectivity index (χ2n) is 11.6. The molecular weight excluding hydrogens is 856 g/mol. The predicted molar refractivity (Wildman–Crippen MR) is 180 cm³/mol. The molecule has 0 amide bonds. The summed E-state index contributed by atoms with van der Waals surface area (Å²) in [4.78, 5) is 28.2. The van der Waals surface area contributed by atoms with Gasteiger partial charge in [-0.05, 0) is 36.2 Å². The Labute approximate surface area is 341 Å². The number of halogens is 8. The largest absolute Gasteiger partial charge is 0.376 e. The number of hydrogen-bond acceptors (Lipinski definition) is 20. The van der Waals surface area contributed by atoms with Gasteiger partial charge in [0.15, 0.2) is 0 Å². The van der Waals surface area contributed by atoms with Crippen molar-refractivity contribution in [2.45, 2.75) is 36.6 Å². The minimum absolute atomic E-state index is 0.153. The molecule has 0 fully saturated rings. The Morgan fingerprint density at radius 2 is 0.417 bits per heavy atom. The minimum Gasteiger partial charge on any atom is -0.376 e. The zero-order chi connectivity index (χ0) is 44.0. The van der Waals surface area contributed by atoms with Crippen LogP contribution in [0.25, 0.3) is 0 Å². The maximum absolute atomic E-state index is 12.4. The van der Waals surface area contributed by atoms with Gasteiger partial charge in [0.25, 0.3) is 0 Å². The van der Waals surface area contributed by atoms with Crippen LogP contribution in [0.15, 0.2) is 0 Å². The van der Waals surface area contributed by atoms with Crippen LogP contribution in [-0.2, 0) is 96.4 Å². The second-order valence-corrected chi connectivity index (χ2v) is 11.6. The molecule has 0 radical (unpaired) electrons. The number of ether oxygens (including phenoxy) is 12. The molecule has 0 bridgehead atoms. The van der Waals surface area contributed by atoms with Gasteiger partial charge in [0, 0.05) is 0 Å². The topological polar surface area (TPSA) is 185 Å². The highest BCUT2D eigenvalue weighted by atomic mass is 19.3. The maximum Gasteiger partial charge on any atom is 0.111 e. The summed E-state index contributed by atoms with van der Waals surface area (Å²) >= 11 is 0. The zero-order valence-electron chi connectivity index (χ0n) is 33.0. The fourth-order valence-electron chi connectivity index (χ4n) is 4.40. The lowest BCUT2D eigenvalue weighted by Crippen LogP contribution is -2.44. The summed E-state index contributed by atoms with van der Waals surface area (Å²) in [5.74, 6) is 0. The smallest absolute Gasteiger partial charge is 0.111 e. The molecular formula is C32H58F8O20. The van der Waals surface area contributed by atoms with Gasteiger partial charge in [-0.1, -0.05) is 0 Å². The standard InChI is InChI=1S/C32H58F8O20/c33-53-9-1-41-17-27(47-5-13-57-37)21-45-25-31(51-23-29(49-7-15-59-39)19-43-3-11-55-35)32(52-24-30(50-8-16-60-40)20-44-4-12-56-36)26-46-22-28(48-6-14-58-38)18-42-2-10-54-34/h27-32H,1-26H2. The Hall–Kier alpha value is -1.36. The molecule has 0 aliphatic rings. The van der Waals surface area contributed by atoms with Crippen molar-refractivity contribution < 1.29 is 133 Å². The first-order chi connectivity index (χ1) is 29.5. The zero-order valence-corrected chi connectivity index (χ0v) is 33.0. The highest BCUT2D eigenvalue weighted by Gasteiger charge is 2.29.